The Kier molecular flexibility index (Phi) is 8.16. The molecule has 0 aliphatic heterocycles. The van der Waals surface area contributed by atoms with Crippen molar-refractivity contribution in [1.29, 1.82) is 0 Å². The van der Waals surface area contributed by atoms with E-state index in [0.717, 1.165) is 30.1 Å². The van der Waals surface area contributed by atoms with Gasteiger partial charge >= 0.3 is 0 Å². The third kappa shape index (κ3) is 5.04. The predicted octanol–water partition coefficient (Wildman–Crippen LogP) is 5.44. The summed E-state index contributed by atoms with van der Waals surface area (Å²) in [7, 11) is 18.2. The topological polar surface area (TPSA) is 0 Å². The Bertz CT molecular complexity index is 729. The summed E-state index contributed by atoms with van der Waals surface area (Å²) in [6, 6.07) is 13.0. The minimum atomic E-state index is 0.0460. The van der Waals surface area contributed by atoms with E-state index < -0.39 is 0 Å². The lowest BCUT2D eigenvalue weighted by Gasteiger charge is -2.33. The third-order valence-electron chi connectivity index (χ3n) is 6.67. The Balaban J connectivity index is 1.93. The summed E-state index contributed by atoms with van der Waals surface area (Å²) in [4.78, 5) is 0. The standard InChI is InChI=1S/C26H33B3/c1-2-3-4-5-8-15-26(16-9-6-7-10-17-27)24-18-20(28)11-13-22(24)23-14-12-21(29)19-25(23)26/h11-14,18-19H,2-10,15-17H2,1H3. The van der Waals surface area contributed by atoms with Crippen LogP contribution >= 0.6 is 0 Å². The molecule has 0 amide bonds. The Morgan fingerprint density at radius 3 is 1.62 bits per heavy atom. The first-order valence-electron chi connectivity index (χ1n) is 11.6. The molecule has 0 heterocycles. The van der Waals surface area contributed by atoms with Crippen LogP contribution in [0.3, 0.4) is 0 Å². The van der Waals surface area contributed by atoms with Gasteiger partial charge < -0.3 is 0 Å². The number of hydrogen-bond donors (Lipinski definition) is 0. The van der Waals surface area contributed by atoms with E-state index in [4.69, 9.17) is 23.5 Å². The summed E-state index contributed by atoms with van der Waals surface area (Å²) in [5.41, 5.74) is 7.32. The Hall–Kier alpha value is -1.37. The summed E-state index contributed by atoms with van der Waals surface area (Å²) in [6.07, 6.45) is 14.4. The molecule has 1 aliphatic carbocycles. The lowest BCUT2D eigenvalue weighted by Crippen LogP contribution is -2.27. The van der Waals surface area contributed by atoms with Crippen molar-refractivity contribution in [2.45, 2.75) is 89.3 Å². The SMILES string of the molecule is [B]CCCCCCC1(CCCCCCC)c2cc([B])ccc2-c2ccc([B])cc21. The quantitative estimate of drug-likeness (QED) is 0.341. The van der Waals surface area contributed by atoms with Gasteiger partial charge in [0, 0.05) is 5.41 Å². The number of hydrogen-bond acceptors (Lipinski definition) is 0. The molecule has 0 spiro atoms. The Morgan fingerprint density at radius 2 is 1.14 bits per heavy atom. The lowest BCUT2D eigenvalue weighted by atomic mass is 9.69. The first-order chi connectivity index (χ1) is 14.1. The van der Waals surface area contributed by atoms with Crippen LogP contribution in [0.4, 0.5) is 0 Å². The summed E-state index contributed by atoms with van der Waals surface area (Å²) in [5.74, 6) is 0. The fraction of sp³-hybridized carbons (Fsp3) is 0.538. The van der Waals surface area contributed by atoms with E-state index in [9.17, 15) is 0 Å². The highest BCUT2D eigenvalue weighted by Gasteiger charge is 2.42. The van der Waals surface area contributed by atoms with Crippen molar-refractivity contribution in [3.63, 3.8) is 0 Å². The zero-order valence-electron chi connectivity index (χ0n) is 18.2. The summed E-state index contributed by atoms with van der Waals surface area (Å²) < 4.78 is 0. The van der Waals surface area contributed by atoms with E-state index in [1.54, 1.807) is 0 Å². The van der Waals surface area contributed by atoms with E-state index >= 15 is 0 Å². The van der Waals surface area contributed by atoms with Crippen LogP contribution in [0.1, 0.15) is 88.7 Å². The van der Waals surface area contributed by atoms with Gasteiger partial charge in [0.05, 0.1) is 7.85 Å². The highest BCUT2D eigenvalue weighted by Crippen LogP contribution is 2.53. The van der Waals surface area contributed by atoms with Gasteiger partial charge in [-0.05, 0) is 35.1 Å². The molecule has 0 bridgehead atoms. The van der Waals surface area contributed by atoms with Gasteiger partial charge in [-0.1, -0.05) is 118 Å². The molecule has 0 N–H and O–H groups in total. The first-order valence-corrected chi connectivity index (χ1v) is 11.6. The average molecular weight is 378 g/mol. The lowest BCUT2D eigenvalue weighted by molar-refractivity contribution is 0.400. The summed E-state index contributed by atoms with van der Waals surface area (Å²) in [6.45, 7) is 2.28. The number of benzene rings is 2. The second-order valence-corrected chi connectivity index (χ2v) is 8.81. The summed E-state index contributed by atoms with van der Waals surface area (Å²) in [5, 5.41) is 0. The maximum absolute atomic E-state index is 6.27. The van der Waals surface area contributed by atoms with Crippen molar-refractivity contribution in [2.75, 3.05) is 0 Å². The molecule has 146 valence electrons. The van der Waals surface area contributed by atoms with Crippen LogP contribution in [-0.4, -0.2) is 23.5 Å². The van der Waals surface area contributed by atoms with Crippen LogP contribution in [0, 0.1) is 0 Å². The van der Waals surface area contributed by atoms with Gasteiger partial charge in [0.2, 0.25) is 0 Å². The normalized spacial score (nSPS) is 14.0. The van der Waals surface area contributed by atoms with Crippen LogP contribution in [0.2, 0.25) is 6.32 Å². The monoisotopic (exact) mass is 378 g/mol. The molecule has 0 atom stereocenters. The molecule has 1 aliphatic rings. The zero-order chi connectivity index (χ0) is 20.7. The van der Waals surface area contributed by atoms with Gasteiger partial charge in [0.15, 0.2) is 0 Å². The van der Waals surface area contributed by atoms with E-state index in [1.807, 2.05) is 12.1 Å². The molecule has 6 radical (unpaired) electrons. The molecule has 0 nitrogen and oxygen atoms in total. The van der Waals surface area contributed by atoms with Crippen LogP contribution in [0.15, 0.2) is 36.4 Å². The molecule has 0 saturated heterocycles. The molecule has 0 unspecified atom stereocenters. The van der Waals surface area contributed by atoms with Crippen LogP contribution in [0.5, 0.6) is 0 Å². The molecular formula is C26H33B3. The van der Waals surface area contributed by atoms with Gasteiger partial charge in [0.25, 0.3) is 0 Å². The minimum Gasteiger partial charge on any atom is -0.0963 e. The highest BCUT2D eigenvalue weighted by molar-refractivity contribution is 6.33. The minimum absolute atomic E-state index is 0.0460. The number of fused-ring (bicyclic) bond motifs is 3. The largest absolute Gasteiger partial charge is 0.113 e. The van der Waals surface area contributed by atoms with Crippen LogP contribution in [-0.2, 0) is 5.41 Å². The predicted molar refractivity (Wildman–Crippen MR) is 130 cm³/mol. The van der Waals surface area contributed by atoms with Crippen molar-refractivity contribution in [2.24, 2.45) is 0 Å². The highest BCUT2D eigenvalue weighted by atomic mass is 14.4. The maximum Gasteiger partial charge on any atom is 0.113 e. The van der Waals surface area contributed by atoms with Crippen LogP contribution in [0.25, 0.3) is 11.1 Å². The molecule has 0 fully saturated rings. The maximum atomic E-state index is 6.27. The van der Waals surface area contributed by atoms with Crippen molar-refractivity contribution in [3.05, 3.63) is 47.5 Å². The Morgan fingerprint density at radius 1 is 0.655 bits per heavy atom. The van der Waals surface area contributed by atoms with Crippen molar-refractivity contribution < 1.29 is 0 Å². The van der Waals surface area contributed by atoms with E-state index in [1.165, 1.54) is 80.0 Å². The van der Waals surface area contributed by atoms with E-state index in [0.29, 0.717) is 0 Å². The van der Waals surface area contributed by atoms with Crippen molar-refractivity contribution in [1.82, 2.24) is 0 Å². The van der Waals surface area contributed by atoms with Gasteiger partial charge in [-0.25, -0.2) is 0 Å². The second-order valence-electron chi connectivity index (χ2n) is 8.81. The molecule has 3 rings (SSSR count). The fourth-order valence-electron chi connectivity index (χ4n) is 5.15. The summed E-state index contributed by atoms with van der Waals surface area (Å²) >= 11 is 0. The van der Waals surface area contributed by atoms with Gasteiger partial charge in [-0.3, -0.25) is 0 Å². The van der Waals surface area contributed by atoms with E-state index in [-0.39, 0.29) is 5.41 Å². The number of unbranched alkanes of at least 4 members (excludes halogenated alkanes) is 7. The molecule has 29 heavy (non-hydrogen) atoms. The van der Waals surface area contributed by atoms with Gasteiger partial charge in [-0.15, -0.1) is 0 Å². The Labute approximate surface area is 182 Å². The van der Waals surface area contributed by atoms with Crippen LogP contribution < -0.4 is 10.9 Å². The molecule has 2 aromatic carbocycles. The first kappa shape index (κ1) is 22.3. The van der Waals surface area contributed by atoms with Crippen molar-refractivity contribution in [3.8, 4) is 11.1 Å². The fourth-order valence-corrected chi connectivity index (χ4v) is 5.15. The molecule has 0 aromatic heterocycles. The molecule has 2 aromatic rings. The average Bonchev–Trinajstić information content (AvgIpc) is 2.96. The smallest absolute Gasteiger partial charge is 0.0963 e. The molecular weight excluding hydrogens is 345 g/mol. The van der Waals surface area contributed by atoms with Crippen molar-refractivity contribution >= 4 is 34.5 Å². The second kappa shape index (κ2) is 10.6. The van der Waals surface area contributed by atoms with Gasteiger partial charge in [-0.2, -0.15) is 0 Å². The zero-order valence-corrected chi connectivity index (χ0v) is 18.2. The molecule has 0 saturated carbocycles. The third-order valence-corrected chi connectivity index (χ3v) is 6.67. The van der Waals surface area contributed by atoms with Gasteiger partial charge in [0.1, 0.15) is 15.7 Å². The van der Waals surface area contributed by atoms with E-state index in [2.05, 4.69) is 31.2 Å². The molecule has 3 heteroatoms. The number of rotatable bonds is 12.